The third-order valence-electron chi connectivity index (χ3n) is 2.84. The molecule has 0 saturated heterocycles. The summed E-state index contributed by atoms with van der Waals surface area (Å²) in [5, 5.41) is 5.48. The Labute approximate surface area is 113 Å². The fourth-order valence-corrected chi connectivity index (χ4v) is 1.39. The molecule has 0 unspecified atom stereocenters. The molecule has 0 heterocycles. The number of amides is 2. The molecule has 0 fully saturated rings. The second-order valence-corrected chi connectivity index (χ2v) is 4.98. The molecule has 1 rings (SSSR count). The van der Waals surface area contributed by atoms with E-state index in [4.69, 9.17) is 5.73 Å². The number of carbonyl (C=O) groups is 2. The summed E-state index contributed by atoms with van der Waals surface area (Å²) in [6.45, 7) is 6.23. The summed E-state index contributed by atoms with van der Waals surface area (Å²) in [6.07, 6.45) is 0. The second kappa shape index (κ2) is 6.33. The maximum atomic E-state index is 12.0. The standard InChI is InChI=1S/C14H21N3O2/c1-4-16-12(18)10-6-5-7-11(8-10)17-13(19)14(2,3)9-15/h5-8H,4,9,15H2,1-3H3,(H,16,18)(H,17,19). The highest BCUT2D eigenvalue weighted by Crippen LogP contribution is 2.18. The van der Waals surface area contributed by atoms with Gasteiger partial charge in [0, 0.05) is 24.3 Å². The molecule has 0 spiro atoms. The van der Waals surface area contributed by atoms with Crippen LogP contribution < -0.4 is 16.4 Å². The second-order valence-electron chi connectivity index (χ2n) is 4.98. The van der Waals surface area contributed by atoms with Crippen LogP contribution >= 0.6 is 0 Å². The van der Waals surface area contributed by atoms with Crippen LogP contribution in [0.1, 0.15) is 31.1 Å². The van der Waals surface area contributed by atoms with Gasteiger partial charge in [-0.05, 0) is 39.0 Å². The van der Waals surface area contributed by atoms with Gasteiger partial charge in [-0.25, -0.2) is 0 Å². The number of hydrogen-bond acceptors (Lipinski definition) is 3. The molecule has 19 heavy (non-hydrogen) atoms. The molecule has 2 amide bonds. The van der Waals surface area contributed by atoms with Crippen LogP contribution in [0.4, 0.5) is 5.69 Å². The Bertz CT molecular complexity index is 470. The molecule has 0 saturated carbocycles. The first-order chi connectivity index (χ1) is 8.90. The van der Waals surface area contributed by atoms with E-state index in [-0.39, 0.29) is 18.4 Å². The van der Waals surface area contributed by atoms with E-state index in [1.54, 1.807) is 38.1 Å². The Morgan fingerprint density at radius 3 is 2.58 bits per heavy atom. The molecule has 104 valence electrons. The number of nitrogens with one attached hydrogen (secondary N) is 2. The number of anilines is 1. The molecule has 0 aromatic heterocycles. The van der Waals surface area contributed by atoms with Crippen molar-refractivity contribution in [1.29, 1.82) is 0 Å². The van der Waals surface area contributed by atoms with Crippen molar-refractivity contribution in [2.75, 3.05) is 18.4 Å². The largest absolute Gasteiger partial charge is 0.352 e. The van der Waals surface area contributed by atoms with Crippen LogP contribution in [-0.4, -0.2) is 24.9 Å². The fraction of sp³-hybridized carbons (Fsp3) is 0.429. The Hall–Kier alpha value is -1.88. The number of carbonyl (C=O) groups excluding carboxylic acids is 2. The predicted molar refractivity (Wildman–Crippen MR) is 75.9 cm³/mol. The van der Waals surface area contributed by atoms with Gasteiger partial charge in [0.25, 0.3) is 5.91 Å². The maximum Gasteiger partial charge on any atom is 0.251 e. The zero-order chi connectivity index (χ0) is 14.5. The average Bonchev–Trinajstić information content (AvgIpc) is 2.39. The average molecular weight is 263 g/mol. The molecular weight excluding hydrogens is 242 g/mol. The summed E-state index contributed by atoms with van der Waals surface area (Å²) in [5.74, 6) is -0.320. The van der Waals surface area contributed by atoms with Crippen molar-refractivity contribution in [3.05, 3.63) is 29.8 Å². The van der Waals surface area contributed by atoms with Gasteiger partial charge in [0.2, 0.25) is 5.91 Å². The molecular formula is C14H21N3O2. The van der Waals surface area contributed by atoms with E-state index in [2.05, 4.69) is 10.6 Å². The first-order valence-electron chi connectivity index (χ1n) is 6.30. The molecule has 0 aliphatic rings. The van der Waals surface area contributed by atoms with Gasteiger partial charge < -0.3 is 16.4 Å². The highest BCUT2D eigenvalue weighted by molar-refractivity contribution is 5.98. The SMILES string of the molecule is CCNC(=O)c1cccc(NC(=O)C(C)(C)CN)c1. The molecule has 1 aromatic carbocycles. The summed E-state index contributed by atoms with van der Waals surface area (Å²) in [6, 6.07) is 6.83. The third kappa shape index (κ3) is 4.06. The molecule has 0 aliphatic heterocycles. The van der Waals surface area contributed by atoms with Crippen LogP contribution in [0, 0.1) is 5.41 Å². The van der Waals surface area contributed by atoms with Gasteiger partial charge in [-0.1, -0.05) is 6.07 Å². The van der Waals surface area contributed by atoms with E-state index in [0.717, 1.165) is 0 Å². The van der Waals surface area contributed by atoms with Crippen molar-refractivity contribution in [3.8, 4) is 0 Å². The quantitative estimate of drug-likeness (QED) is 0.750. The van der Waals surface area contributed by atoms with Gasteiger partial charge in [-0.15, -0.1) is 0 Å². The smallest absolute Gasteiger partial charge is 0.251 e. The Kier molecular flexibility index (Phi) is 5.06. The molecule has 0 atom stereocenters. The fourth-order valence-electron chi connectivity index (χ4n) is 1.39. The lowest BCUT2D eigenvalue weighted by atomic mass is 9.92. The molecule has 1 aromatic rings. The monoisotopic (exact) mass is 263 g/mol. The minimum atomic E-state index is -0.637. The van der Waals surface area contributed by atoms with E-state index >= 15 is 0 Å². The van der Waals surface area contributed by atoms with Crippen molar-refractivity contribution in [1.82, 2.24) is 5.32 Å². The normalized spacial score (nSPS) is 10.9. The van der Waals surface area contributed by atoms with Gasteiger partial charge >= 0.3 is 0 Å². The zero-order valence-electron chi connectivity index (χ0n) is 11.6. The first-order valence-corrected chi connectivity index (χ1v) is 6.30. The summed E-state index contributed by atoms with van der Waals surface area (Å²) in [5.41, 5.74) is 6.03. The molecule has 4 N–H and O–H groups in total. The summed E-state index contributed by atoms with van der Waals surface area (Å²) < 4.78 is 0. The lowest BCUT2D eigenvalue weighted by Crippen LogP contribution is -2.37. The van der Waals surface area contributed by atoms with Crippen molar-refractivity contribution in [2.45, 2.75) is 20.8 Å². The molecule has 5 heteroatoms. The van der Waals surface area contributed by atoms with Crippen molar-refractivity contribution in [3.63, 3.8) is 0 Å². The summed E-state index contributed by atoms with van der Waals surface area (Å²) in [7, 11) is 0. The summed E-state index contributed by atoms with van der Waals surface area (Å²) >= 11 is 0. The Morgan fingerprint density at radius 2 is 2.00 bits per heavy atom. The number of rotatable bonds is 5. The van der Waals surface area contributed by atoms with Gasteiger partial charge in [-0.3, -0.25) is 9.59 Å². The topological polar surface area (TPSA) is 84.2 Å². The molecule has 0 bridgehead atoms. The van der Waals surface area contributed by atoms with Crippen LogP contribution in [0.15, 0.2) is 24.3 Å². The molecule has 5 nitrogen and oxygen atoms in total. The van der Waals surface area contributed by atoms with E-state index in [1.807, 2.05) is 6.92 Å². The van der Waals surface area contributed by atoms with E-state index in [9.17, 15) is 9.59 Å². The minimum Gasteiger partial charge on any atom is -0.352 e. The highest BCUT2D eigenvalue weighted by Gasteiger charge is 2.25. The lowest BCUT2D eigenvalue weighted by Gasteiger charge is -2.21. The number of benzene rings is 1. The predicted octanol–water partition coefficient (Wildman–Crippen LogP) is 1.36. The summed E-state index contributed by atoms with van der Waals surface area (Å²) in [4.78, 5) is 23.7. The van der Waals surface area contributed by atoms with Gasteiger partial charge in [-0.2, -0.15) is 0 Å². The van der Waals surface area contributed by atoms with Crippen LogP contribution in [0.3, 0.4) is 0 Å². The minimum absolute atomic E-state index is 0.156. The van der Waals surface area contributed by atoms with Gasteiger partial charge in [0.05, 0.1) is 5.41 Å². The van der Waals surface area contributed by atoms with Crippen LogP contribution in [0.25, 0.3) is 0 Å². The Balaban J connectivity index is 2.83. The lowest BCUT2D eigenvalue weighted by molar-refractivity contribution is -0.123. The van der Waals surface area contributed by atoms with Crippen LogP contribution in [0.2, 0.25) is 0 Å². The van der Waals surface area contributed by atoms with Crippen LogP contribution in [0.5, 0.6) is 0 Å². The Morgan fingerprint density at radius 1 is 1.32 bits per heavy atom. The third-order valence-corrected chi connectivity index (χ3v) is 2.84. The highest BCUT2D eigenvalue weighted by atomic mass is 16.2. The van der Waals surface area contributed by atoms with Crippen LogP contribution in [-0.2, 0) is 4.79 Å². The van der Waals surface area contributed by atoms with Crippen molar-refractivity contribution < 1.29 is 9.59 Å². The maximum absolute atomic E-state index is 12.0. The van der Waals surface area contributed by atoms with Gasteiger partial charge in [0.1, 0.15) is 0 Å². The van der Waals surface area contributed by atoms with E-state index < -0.39 is 5.41 Å². The molecule has 0 radical (unpaired) electrons. The number of nitrogens with two attached hydrogens (primary N) is 1. The number of hydrogen-bond donors (Lipinski definition) is 3. The zero-order valence-corrected chi connectivity index (χ0v) is 11.6. The van der Waals surface area contributed by atoms with E-state index in [0.29, 0.717) is 17.8 Å². The van der Waals surface area contributed by atoms with Gasteiger partial charge in [0.15, 0.2) is 0 Å². The van der Waals surface area contributed by atoms with Crippen molar-refractivity contribution in [2.24, 2.45) is 11.1 Å². The first kappa shape index (κ1) is 15.2. The molecule has 0 aliphatic carbocycles. The van der Waals surface area contributed by atoms with E-state index in [1.165, 1.54) is 0 Å². The van der Waals surface area contributed by atoms with Crippen molar-refractivity contribution >= 4 is 17.5 Å².